The van der Waals surface area contributed by atoms with Gasteiger partial charge >= 0.3 is 0 Å². The van der Waals surface area contributed by atoms with E-state index in [-0.39, 0.29) is 5.57 Å². The smallest absolute Gasteiger partial charge is 0.137 e. The highest BCUT2D eigenvalue weighted by molar-refractivity contribution is 5.59. The fourth-order valence-corrected chi connectivity index (χ4v) is 1.98. The number of rotatable bonds is 3. The molecule has 0 fully saturated rings. The van der Waals surface area contributed by atoms with Crippen LogP contribution in [-0.2, 0) is 4.74 Å². The number of benzene rings is 1. The molecule has 0 radical (unpaired) electrons. The minimum absolute atomic E-state index is 0.0759. The van der Waals surface area contributed by atoms with Crippen molar-refractivity contribution in [3.8, 4) is 12.1 Å². The van der Waals surface area contributed by atoms with Gasteiger partial charge in [0.05, 0.1) is 0 Å². The first-order valence-corrected chi connectivity index (χ1v) is 6.74. The Balaban J connectivity index is 2.25. The van der Waals surface area contributed by atoms with Gasteiger partial charge in [-0.15, -0.1) is 0 Å². The fraction of sp³-hybridized carbons (Fsp3) is 0.111. The van der Waals surface area contributed by atoms with Gasteiger partial charge in [0.25, 0.3) is 0 Å². The highest BCUT2D eigenvalue weighted by Gasteiger charge is 2.10. The Morgan fingerprint density at radius 3 is 2.36 bits per heavy atom. The number of nitrogens with zero attached hydrogens (tertiary/aromatic N) is 2. The van der Waals surface area contributed by atoms with Gasteiger partial charge in [0.1, 0.15) is 29.2 Å². The van der Waals surface area contributed by atoms with Crippen molar-refractivity contribution < 1.29 is 4.74 Å². The summed E-state index contributed by atoms with van der Waals surface area (Å²) in [4.78, 5) is 0. The lowest BCUT2D eigenvalue weighted by atomic mass is 10.1. The summed E-state index contributed by atoms with van der Waals surface area (Å²) in [7, 11) is 1.87. The molecule has 1 aromatic rings. The van der Waals surface area contributed by atoms with Crippen molar-refractivity contribution in [1.82, 2.24) is 0 Å². The Morgan fingerprint density at radius 2 is 1.77 bits per heavy atom. The molecule has 1 aliphatic heterocycles. The van der Waals surface area contributed by atoms with Gasteiger partial charge in [-0.1, -0.05) is 18.2 Å². The van der Waals surface area contributed by atoms with Gasteiger partial charge in [-0.3, -0.25) is 0 Å². The normalized spacial score (nSPS) is 13.5. The molecule has 108 valence electrons. The largest absolute Gasteiger partial charge is 0.462 e. The van der Waals surface area contributed by atoms with Crippen LogP contribution in [0.15, 0.2) is 65.2 Å². The molecule has 0 atom stereocenters. The summed E-state index contributed by atoms with van der Waals surface area (Å²) in [5.74, 6) is 1.24. The van der Waals surface area contributed by atoms with Crippen molar-refractivity contribution in [1.29, 1.82) is 10.5 Å². The van der Waals surface area contributed by atoms with Crippen LogP contribution in [0.2, 0.25) is 0 Å². The summed E-state index contributed by atoms with van der Waals surface area (Å²) >= 11 is 0. The van der Waals surface area contributed by atoms with Crippen LogP contribution in [0.1, 0.15) is 12.5 Å². The van der Waals surface area contributed by atoms with Gasteiger partial charge in [0, 0.05) is 18.3 Å². The second kappa shape index (κ2) is 6.97. The second-order valence-electron chi connectivity index (χ2n) is 4.66. The molecule has 0 aliphatic carbocycles. The van der Waals surface area contributed by atoms with E-state index in [0.29, 0.717) is 17.1 Å². The van der Waals surface area contributed by atoms with Crippen LogP contribution in [0.25, 0.3) is 6.08 Å². The monoisotopic (exact) mass is 289 g/mol. The highest BCUT2D eigenvalue weighted by Crippen LogP contribution is 2.22. The average molecular weight is 289 g/mol. The van der Waals surface area contributed by atoms with E-state index in [2.05, 4.69) is 5.32 Å². The standard InChI is InChI=1S/C18H15N3O/c1-13-9-15(16(11-19)12-20)10-18(22-13)8-5-14-3-6-17(21-2)7-4-14/h3-10,21H,1-2H3/b8-5-. The first-order chi connectivity index (χ1) is 10.7. The Labute approximate surface area is 129 Å². The number of nitriles is 2. The molecular formula is C18H15N3O. The predicted molar refractivity (Wildman–Crippen MR) is 86.2 cm³/mol. The molecule has 1 aromatic carbocycles. The molecule has 1 heterocycles. The van der Waals surface area contributed by atoms with Crippen molar-refractivity contribution in [3.63, 3.8) is 0 Å². The molecule has 2 rings (SSSR count). The van der Waals surface area contributed by atoms with Crippen molar-refractivity contribution in [2.45, 2.75) is 6.92 Å². The molecule has 0 amide bonds. The molecule has 0 saturated carbocycles. The van der Waals surface area contributed by atoms with E-state index in [1.807, 2.05) is 55.6 Å². The second-order valence-corrected chi connectivity index (χ2v) is 4.66. The Kier molecular flexibility index (Phi) is 4.80. The molecular weight excluding hydrogens is 274 g/mol. The molecule has 0 spiro atoms. The predicted octanol–water partition coefficient (Wildman–Crippen LogP) is 3.90. The summed E-state index contributed by atoms with van der Waals surface area (Å²) < 4.78 is 5.59. The van der Waals surface area contributed by atoms with Crippen molar-refractivity contribution >= 4 is 11.8 Å². The zero-order chi connectivity index (χ0) is 15.9. The third-order valence-electron chi connectivity index (χ3n) is 3.09. The first-order valence-electron chi connectivity index (χ1n) is 6.74. The van der Waals surface area contributed by atoms with E-state index in [4.69, 9.17) is 15.3 Å². The number of allylic oxidation sites excluding steroid dienone is 6. The summed E-state index contributed by atoms with van der Waals surface area (Å²) in [5, 5.41) is 21.0. The quantitative estimate of drug-likeness (QED) is 0.857. The van der Waals surface area contributed by atoms with Crippen molar-refractivity contribution in [3.05, 3.63) is 70.7 Å². The molecule has 0 saturated heterocycles. The van der Waals surface area contributed by atoms with Crippen molar-refractivity contribution in [2.75, 3.05) is 12.4 Å². The maximum Gasteiger partial charge on any atom is 0.137 e. The van der Waals surface area contributed by atoms with Gasteiger partial charge in [0.15, 0.2) is 0 Å². The highest BCUT2D eigenvalue weighted by atomic mass is 16.5. The van der Waals surface area contributed by atoms with Crippen LogP contribution in [-0.4, -0.2) is 7.05 Å². The maximum atomic E-state index is 8.95. The minimum atomic E-state index is 0.0759. The zero-order valence-corrected chi connectivity index (χ0v) is 12.4. The van der Waals surface area contributed by atoms with Crippen LogP contribution in [0, 0.1) is 22.7 Å². The number of anilines is 1. The van der Waals surface area contributed by atoms with E-state index in [0.717, 1.165) is 11.3 Å². The SMILES string of the molecule is CNc1ccc(/C=C\C2=CC(=C(C#N)C#N)C=C(C)O2)cc1. The molecule has 4 heteroatoms. The van der Waals surface area contributed by atoms with Crippen LogP contribution >= 0.6 is 0 Å². The van der Waals surface area contributed by atoms with Crippen LogP contribution in [0.3, 0.4) is 0 Å². The number of hydrogen-bond donors (Lipinski definition) is 1. The number of hydrogen-bond acceptors (Lipinski definition) is 4. The van der Waals surface area contributed by atoms with E-state index >= 15 is 0 Å². The first kappa shape index (κ1) is 15.2. The Bertz CT molecular complexity index is 750. The van der Waals surface area contributed by atoms with E-state index in [9.17, 15) is 0 Å². The number of ether oxygens (including phenoxy) is 1. The summed E-state index contributed by atoms with van der Waals surface area (Å²) in [5.41, 5.74) is 2.72. The molecule has 0 aromatic heterocycles. The molecule has 0 unspecified atom stereocenters. The average Bonchev–Trinajstić information content (AvgIpc) is 2.54. The van der Waals surface area contributed by atoms with Crippen LogP contribution in [0.4, 0.5) is 5.69 Å². The van der Waals surface area contributed by atoms with E-state index in [1.54, 1.807) is 19.1 Å². The van der Waals surface area contributed by atoms with Gasteiger partial charge in [0.2, 0.25) is 0 Å². The lowest BCUT2D eigenvalue weighted by Crippen LogP contribution is -1.97. The molecule has 1 N–H and O–H groups in total. The summed E-state index contributed by atoms with van der Waals surface area (Å²) in [6, 6.07) is 11.7. The Morgan fingerprint density at radius 1 is 1.09 bits per heavy atom. The van der Waals surface area contributed by atoms with Gasteiger partial charge in [-0.2, -0.15) is 10.5 Å². The lowest BCUT2D eigenvalue weighted by molar-refractivity contribution is 0.318. The minimum Gasteiger partial charge on any atom is -0.462 e. The fourth-order valence-electron chi connectivity index (χ4n) is 1.98. The molecule has 22 heavy (non-hydrogen) atoms. The maximum absolute atomic E-state index is 8.95. The molecule has 4 nitrogen and oxygen atoms in total. The summed E-state index contributed by atoms with van der Waals surface area (Å²) in [6.07, 6.45) is 7.10. The van der Waals surface area contributed by atoms with Crippen molar-refractivity contribution in [2.24, 2.45) is 0 Å². The third-order valence-corrected chi connectivity index (χ3v) is 3.09. The van der Waals surface area contributed by atoms with E-state index < -0.39 is 0 Å². The van der Waals surface area contributed by atoms with Crippen LogP contribution < -0.4 is 5.32 Å². The van der Waals surface area contributed by atoms with Gasteiger partial charge < -0.3 is 10.1 Å². The zero-order valence-electron chi connectivity index (χ0n) is 12.4. The molecule has 1 aliphatic rings. The van der Waals surface area contributed by atoms with Gasteiger partial charge in [-0.05, 0) is 42.8 Å². The topological polar surface area (TPSA) is 68.8 Å². The van der Waals surface area contributed by atoms with E-state index in [1.165, 1.54) is 0 Å². The lowest BCUT2D eigenvalue weighted by Gasteiger charge is -2.13. The number of nitrogens with one attached hydrogen (secondary N) is 1. The summed E-state index contributed by atoms with van der Waals surface area (Å²) in [6.45, 7) is 1.79. The van der Waals surface area contributed by atoms with Crippen LogP contribution in [0.5, 0.6) is 0 Å². The molecule has 0 bridgehead atoms. The third kappa shape index (κ3) is 3.65. The van der Waals surface area contributed by atoms with Gasteiger partial charge in [-0.25, -0.2) is 0 Å². The Hall–Kier alpha value is -3.24.